The molecule has 4 rings (SSSR count). The minimum absolute atomic E-state index is 0.0378. The Labute approximate surface area is 182 Å². The predicted molar refractivity (Wildman–Crippen MR) is 117 cm³/mol. The first-order valence-electron chi connectivity index (χ1n) is 9.17. The molecule has 0 aromatic heterocycles. The van der Waals surface area contributed by atoms with Crippen LogP contribution >= 0.6 is 23.5 Å². The number of hydrogen-bond acceptors (Lipinski definition) is 5. The highest BCUT2D eigenvalue weighted by molar-refractivity contribution is 7.97. The summed E-state index contributed by atoms with van der Waals surface area (Å²) in [6.07, 6.45) is 0.374. The van der Waals surface area contributed by atoms with Gasteiger partial charge in [-0.25, -0.2) is 4.72 Å². The van der Waals surface area contributed by atoms with E-state index in [0.29, 0.717) is 17.0 Å². The maximum atomic E-state index is 12.0. The lowest BCUT2D eigenvalue weighted by Crippen LogP contribution is -2.36. The summed E-state index contributed by atoms with van der Waals surface area (Å²) in [6.45, 7) is 0. The molecule has 2 unspecified atom stereocenters. The van der Waals surface area contributed by atoms with Crippen molar-refractivity contribution in [2.75, 3.05) is 0 Å². The summed E-state index contributed by atoms with van der Waals surface area (Å²) in [5.74, 6) is -1.29. The molecule has 0 heterocycles. The Hall–Kier alpha value is -2.87. The molecule has 1 saturated carbocycles. The number of rotatable bonds is 7. The van der Waals surface area contributed by atoms with E-state index in [1.807, 2.05) is 48.5 Å². The summed E-state index contributed by atoms with van der Waals surface area (Å²) < 4.78 is 3.08. The van der Waals surface area contributed by atoms with Gasteiger partial charge in [-0.3, -0.25) is 14.9 Å². The largest absolute Gasteiger partial charge is 0.480 e. The van der Waals surface area contributed by atoms with Crippen LogP contribution in [0.5, 0.6) is 0 Å². The molecule has 0 bridgehead atoms. The quantitative estimate of drug-likeness (QED) is 0.285. The van der Waals surface area contributed by atoms with E-state index in [4.69, 9.17) is 11.6 Å². The van der Waals surface area contributed by atoms with E-state index in [9.17, 15) is 20.0 Å². The van der Waals surface area contributed by atoms with Crippen LogP contribution < -0.4 is 4.72 Å². The molecule has 8 heteroatoms. The zero-order chi connectivity index (χ0) is 21.3. The highest BCUT2D eigenvalue weighted by Crippen LogP contribution is 2.53. The lowest BCUT2D eigenvalue weighted by molar-refractivity contribution is -0.384. The van der Waals surface area contributed by atoms with Crippen LogP contribution in [0.2, 0.25) is 5.02 Å². The van der Waals surface area contributed by atoms with Crippen molar-refractivity contribution in [2.45, 2.75) is 22.8 Å². The van der Waals surface area contributed by atoms with Gasteiger partial charge in [-0.05, 0) is 59.3 Å². The number of halogens is 1. The van der Waals surface area contributed by atoms with Crippen molar-refractivity contribution in [1.29, 1.82) is 0 Å². The van der Waals surface area contributed by atoms with Gasteiger partial charge in [0.25, 0.3) is 5.69 Å². The number of benzene rings is 3. The first kappa shape index (κ1) is 20.4. The van der Waals surface area contributed by atoms with Gasteiger partial charge in [0.05, 0.1) is 4.92 Å². The van der Waals surface area contributed by atoms with Crippen LogP contribution in [0.15, 0.2) is 77.7 Å². The van der Waals surface area contributed by atoms with E-state index >= 15 is 0 Å². The summed E-state index contributed by atoms with van der Waals surface area (Å²) >= 11 is 7.17. The Kier molecular flexibility index (Phi) is 5.51. The Morgan fingerprint density at radius 1 is 1.10 bits per heavy atom. The third kappa shape index (κ3) is 4.05. The van der Waals surface area contributed by atoms with E-state index in [2.05, 4.69) is 4.72 Å². The van der Waals surface area contributed by atoms with Gasteiger partial charge in [0.15, 0.2) is 0 Å². The molecule has 0 saturated heterocycles. The van der Waals surface area contributed by atoms with Gasteiger partial charge in [-0.2, -0.15) is 0 Å². The maximum absolute atomic E-state index is 12.0. The number of nitro benzene ring substituents is 1. The van der Waals surface area contributed by atoms with Crippen LogP contribution in [0, 0.1) is 10.1 Å². The average Bonchev–Trinajstić information content (AvgIpc) is 3.50. The summed E-state index contributed by atoms with van der Waals surface area (Å²) in [6, 6.07) is 21.5. The molecular formula is C22H17ClN2O4S. The molecule has 0 spiro atoms. The summed E-state index contributed by atoms with van der Waals surface area (Å²) in [5, 5.41) is 21.5. The number of hydrogen-bond donors (Lipinski definition) is 2. The minimum Gasteiger partial charge on any atom is -0.480 e. The van der Waals surface area contributed by atoms with Crippen LogP contribution in [-0.2, 0) is 4.79 Å². The summed E-state index contributed by atoms with van der Waals surface area (Å²) in [5.41, 5.74) is 1.54. The van der Waals surface area contributed by atoms with Crippen LogP contribution in [0.3, 0.4) is 0 Å². The molecule has 3 aromatic carbocycles. The van der Waals surface area contributed by atoms with Gasteiger partial charge in [-0.15, -0.1) is 0 Å². The number of aliphatic carboxylic acids is 1. The van der Waals surface area contributed by atoms with Crippen molar-refractivity contribution in [1.82, 2.24) is 4.72 Å². The van der Waals surface area contributed by atoms with Crippen molar-refractivity contribution in [3.63, 3.8) is 0 Å². The molecule has 0 aliphatic heterocycles. The number of nitrogens with one attached hydrogen (secondary N) is 1. The Balaban J connectivity index is 1.46. The van der Waals surface area contributed by atoms with Gasteiger partial charge in [0.2, 0.25) is 0 Å². The molecule has 3 aromatic rings. The maximum Gasteiger partial charge on any atom is 0.325 e. The van der Waals surface area contributed by atoms with E-state index < -0.39 is 16.4 Å². The molecule has 1 aliphatic carbocycles. The monoisotopic (exact) mass is 440 g/mol. The predicted octanol–water partition coefficient (Wildman–Crippen LogP) is 5.52. The zero-order valence-corrected chi connectivity index (χ0v) is 17.2. The molecule has 0 radical (unpaired) electrons. The molecule has 30 heavy (non-hydrogen) atoms. The van der Waals surface area contributed by atoms with Crippen molar-refractivity contribution < 1.29 is 14.8 Å². The van der Waals surface area contributed by atoms with Gasteiger partial charge < -0.3 is 5.11 Å². The fraction of sp³-hybridized carbons (Fsp3) is 0.136. The third-order valence-electron chi connectivity index (χ3n) is 5.21. The lowest BCUT2D eigenvalue weighted by Gasteiger charge is -2.14. The van der Waals surface area contributed by atoms with Crippen molar-refractivity contribution in [3.05, 3.63) is 93.5 Å². The van der Waals surface area contributed by atoms with E-state index in [-0.39, 0.29) is 11.6 Å². The number of non-ortho nitro benzene ring substituents is 1. The molecule has 2 N–H and O–H groups in total. The summed E-state index contributed by atoms with van der Waals surface area (Å²) in [4.78, 5) is 23.4. The Bertz CT molecular complexity index is 1100. The van der Waals surface area contributed by atoms with E-state index in [0.717, 1.165) is 16.0 Å². The normalized spacial score (nSPS) is 20.0. The van der Waals surface area contributed by atoms with E-state index in [1.165, 1.54) is 24.1 Å². The third-order valence-corrected chi connectivity index (χ3v) is 6.43. The van der Waals surface area contributed by atoms with Crippen LogP contribution in [0.25, 0.3) is 11.1 Å². The average molecular weight is 441 g/mol. The fourth-order valence-corrected chi connectivity index (χ4v) is 4.43. The minimum atomic E-state index is -1.14. The van der Waals surface area contributed by atoms with Gasteiger partial charge >= 0.3 is 5.97 Å². The number of nitrogens with zero attached hydrogens (tertiary/aromatic N) is 1. The Morgan fingerprint density at radius 3 is 2.33 bits per heavy atom. The molecular weight excluding hydrogens is 424 g/mol. The molecule has 0 amide bonds. The number of carbonyl (C=O) groups is 1. The SMILES string of the molecule is O=C(O)C1(NSc2ccc(-c3ccc(Cl)cc3)cc2)CC1c1cccc([N+](=O)[O-])c1. The molecule has 152 valence electrons. The Morgan fingerprint density at radius 2 is 1.73 bits per heavy atom. The topological polar surface area (TPSA) is 92.5 Å². The highest BCUT2D eigenvalue weighted by Gasteiger charge is 2.61. The second-order valence-electron chi connectivity index (χ2n) is 7.12. The molecule has 1 fully saturated rings. The second kappa shape index (κ2) is 8.10. The van der Waals surface area contributed by atoms with Crippen molar-refractivity contribution in [3.8, 4) is 11.1 Å². The zero-order valence-electron chi connectivity index (χ0n) is 15.6. The van der Waals surface area contributed by atoms with Gasteiger partial charge in [0, 0.05) is 28.0 Å². The van der Waals surface area contributed by atoms with Crippen molar-refractivity contribution >= 4 is 35.2 Å². The molecule has 1 aliphatic rings. The van der Waals surface area contributed by atoms with Crippen molar-refractivity contribution in [2.24, 2.45) is 0 Å². The first-order valence-corrected chi connectivity index (χ1v) is 10.4. The smallest absolute Gasteiger partial charge is 0.325 e. The van der Waals surface area contributed by atoms with Crippen LogP contribution in [0.4, 0.5) is 5.69 Å². The lowest BCUT2D eigenvalue weighted by atomic mass is 10.1. The summed E-state index contributed by atoms with van der Waals surface area (Å²) in [7, 11) is 0. The van der Waals surface area contributed by atoms with Gasteiger partial charge in [0.1, 0.15) is 5.54 Å². The van der Waals surface area contributed by atoms with Crippen LogP contribution in [0.1, 0.15) is 17.9 Å². The second-order valence-corrected chi connectivity index (χ2v) is 8.44. The van der Waals surface area contributed by atoms with Crippen LogP contribution in [-0.4, -0.2) is 21.5 Å². The number of nitro groups is 1. The number of carboxylic acid groups (broad SMARTS) is 1. The number of carboxylic acids is 1. The molecule has 2 atom stereocenters. The highest BCUT2D eigenvalue weighted by atomic mass is 35.5. The van der Waals surface area contributed by atoms with Gasteiger partial charge in [-0.1, -0.05) is 48.0 Å². The standard InChI is InChI=1S/C22H17ClN2O4S/c23-17-8-4-14(5-9-17)15-6-10-19(11-7-15)30-24-22(21(26)27)13-20(22)16-2-1-3-18(12-16)25(28)29/h1-12,20,24H,13H2,(H,26,27). The molecule has 6 nitrogen and oxygen atoms in total. The first-order chi connectivity index (χ1) is 14.4. The van der Waals surface area contributed by atoms with E-state index in [1.54, 1.807) is 12.1 Å². The fourth-order valence-electron chi connectivity index (χ4n) is 3.42.